The molecule has 12 heteroatoms. The molecule has 0 aliphatic heterocycles. The second-order valence-electron chi connectivity index (χ2n) is 6.41. The summed E-state index contributed by atoms with van der Waals surface area (Å²) >= 11 is 4.61. The van der Waals surface area contributed by atoms with Crippen LogP contribution in [0.25, 0.3) is 10.1 Å². The van der Waals surface area contributed by atoms with Crippen LogP contribution in [-0.4, -0.2) is 43.3 Å². The van der Waals surface area contributed by atoms with Gasteiger partial charge in [-0.3, -0.25) is 14.9 Å². The van der Waals surface area contributed by atoms with E-state index in [0.717, 1.165) is 4.70 Å². The fourth-order valence-electron chi connectivity index (χ4n) is 2.70. The molecule has 1 aromatic heterocycles. The number of benzene rings is 2. The number of amides is 1. The SMILES string of the molecule is CCOc1cc(/C=N\NC(=O)c2cc3cc([N+](=O)[O-])ccc3s2)c(Br)cc1OCC(=O)OC. The Morgan fingerprint density at radius 1 is 1.21 bits per heavy atom. The molecule has 3 rings (SSSR count). The Morgan fingerprint density at radius 3 is 2.67 bits per heavy atom. The number of thiophene rings is 1. The molecule has 0 saturated heterocycles. The summed E-state index contributed by atoms with van der Waals surface area (Å²) in [4.78, 5) is 34.6. The largest absolute Gasteiger partial charge is 0.490 e. The summed E-state index contributed by atoms with van der Waals surface area (Å²) in [6.07, 6.45) is 1.42. The third-order valence-electron chi connectivity index (χ3n) is 4.24. The van der Waals surface area contributed by atoms with Crippen LogP contribution in [0.2, 0.25) is 0 Å². The maximum Gasteiger partial charge on any atom is 0.343 e. The van der Waals surface area contributed by atoms with Gasteiger partial charge in [0.05, 0.1) is 29.7 Å². The van der Waals surface area contributed by atoms with E-state index < -0.39 is 16.8 Å². The molecule has 10 nitrogen and oxygen atoms in total. The van der Waals surface area contributed by atoms with Crippen molar-refractivity contribution in [3.63, 3.8) is 0 Å². The number of esters is 1. The number of nitrogens with zero attached hydrogens (tertiary/aromatic N) is 2. The normalized spacial score (nSPS) is 10.9. The summed E-state index contributed by atoms with van der Waals surface area (Å²) in [6.45, 7) is 1.90. The maximum absolute atomic E-state index is 12.5. The molecule has 0 bridgehead atoms. The highest BCUT2D eigenvalue weighted by molar-refractivity contribution is 9.10. The smallest absolute Gasteiger partial charge is 0.343 e. The number of rotatable bonds is 9. The van der Waals surface area contributed by atoms with Gasteiger partial charge in [0.1, 0.15) is 0 Å². The van der Waals surface area contributed by atoms with Crippen LogP contribution < -0.4 is 14.9 Å². The Kier molecular flexibility index (Phi) is 7.96. The number of hydrogen-bond acceptors (Lipinski definition) is 9. The summed E-state index contributed by atoms with van der Waals surface area (Å²) in [7, 11) is 1.27. The van der Waals surface area contributed by atoms with Crippen molar-refractivity contribution in [1.29, 1.82) is 0 Å². The first-order chi connectivity index (χ1) is 15.8. The van der Waals surface area contributed by atoms with Crippen LogP contribution in [-0.2, 0) is 9.53 Å². The van der Waals surface area contributed by atoms with Crippen LogP contribution >= 0.6 is 27.3 Å². The molecule has 0 aliphatic carbocycles. The lowest BCUT2D eigenvalue weighted by molar-refractivity contribution is -0.384. The Labute approximate surface area is 200 Å². The monoisotopic (exact) mass is 535 g/mol. The van der Waals surface area contributed by atoms with Gasteiger partial charge >= 0.3 is 5.97 Å². The van der Waals surface area contributed by atoms with Crippen molar-refractivity contribution in [2.24, 2.45) is 5.10 Å². The van der Waals surface area contributed by atoms with Gasteiger partial charge in [0.2, 0.25) is 0 Å². The lowest BCUT2D eigenvalue weighted by atomic mass is 10.2. The van der Waals surface area contributed by atoms with E-state index in [1.807, 2.05) is 0 Å². The standard InChI is InChI=1S/C21H18BrN3O7S/c1-3-31-16-7-13(15(22)9-17(16)32-11-20(26)30-2)10-23-24-21(27)19-8-12-6-14(25(28)29)4-5-18(12)33-19/h4-10H,3,11H2,1-2H3,(H,24,27)/b23-10-. The van der Waals surface area contributed by atoms with Gasteiger partial charge < -0.3 is 14.2 Å². The van der Waals surface area contributed by atoms with E-state index in [-0.39, 0.29) is 12.3 Å². The van der Waals surface area contributed by atoms with Crippen LogP contribution in [0.4, 0.5) is 5.69 Å². The Morgan fingerprint density at radius 2 is 1.97 bits per heavy atom. The minimum absolute atomic E-state index is 0.0424. The second-order valence-corrected chi connectivity index (χ2v) is 8.35. The Balaban J connectivity index is 1.74. The second kappa shape index (κ2) is 10.9. The van der Waals surface area contributed by atoms with E-state index in [9.17, 15) is 19.7 Å². The fraction of sp³-hybridized carbons (Fsp3) is 0.190. The van der Waals surface area contributed by atoms with E-state index in [0.29, 0.717) is 38.4 Å². The van der Waals surface area contributed by atoms with E-state index >= 15 is 0 Å². The Hall–Kier alpha value is -3.51. The van der Waals surface area contributed by atoms with Gasteiger partial charge in [0, 0.05) is 32.3 Å². The number of halogens is 1. The minimum Gasteiger partial charge on any atom is -0.490 e. The summed E-state index contributed by atoms with van der Waals surface area (Å²) in [5, 5.41) is 15.5. The van der Waals surface area contributed by atoms with Crippen LogP contribution in [0.15, 0.2) is 46.0 Å². The molecule has 0 unspecified atom stereocenters. The highest BCUT2D eigenvalue weighted by atomic mass is 79.9. The number of methoxy groups -OCH3 is 1. The maximum atomic E-state index is 12.5. The molecule has 1 amide bonds. The predicted octanol–water partition coefficient (Wildman–Crippen LogP) is 4.29. The van der Waals surface area contributed by atoms with Crippen molar-refractivity contribution in [3.05, 3.63) is 61.4 Å². The number of hydrazone groups is 1. The average Bonchev–Trinajstić information content (AvgIpc) is 3.23. The number of carbonyl (C=O) groups is 2. The van der Waals surface area contributed by atoms with Crippen molar-refractivity contribution in [3.8, 4) is 11.5 Å². The highest BCUT2D eigenvalue weighted by Gasteiger charge is 2.14. The van der Waals surface area contributed by atoms with E-state index in [4.69, 9.17) is 9.47 Å². The molecule has 172 valence electrons. The van der Waals surface area contributed by atoms with Gasteiger partial charge in [0.25, 0.3) is 11.6 Å². The van der Waals surface area contributed by atoms with Crippen LogP contribution in [0.5, 0.6) is 11.5 Å². The first-order valence-corrected chi connectivity index (χ1v) is 11.1. The molecule has 3 aromatic rings. The molecule has 0 aliphatic rings. The van der Waals surface area contributed by atoms with Gasteiger partial charge in [0.15, 0.2) is 18.1 Å². The van der Waals surface area contributed by atoms with Crippen molar-refractivity contribution >= 4 is 61.1 Å². The van der Waals surface area contributed by atoms with Crippen molar-refractivity contribution in [2.45, 2.75) is 6.92 Å². The lowest BCUT2D eigenvalue weighted by Crippen LogP contribution is -2.16. The number of hydrogen-bond donors (Lipinski definition) is 1. The molecule has 0 fully saturated rings. The molecular weight excluding hydrogens is 518 g/mol. The number of fused-ring (bicyclic) bond motifs is 1. The predicted molar refractivity (Wildman–Crippen MR) is 126 cm³/mol. The molecule has 0 saturated carbocycles. The summed E-state index contributed by atoms with van der Waals surface area (Å²) in [5.41, 5.74) is 2.99. The molecule has 33 heavy (non-hydrogen) atoms. The van der Waals surface area contributed by atoms with Gasteiger partial charge in [-0.15, -0.1) is 11.3 Å². The number of nitro benzene ring substituents is 1. The minimum atomic E-state index is -0.530. The first kappa shape index (κ1) is 24.1. The lowest BCUT2D eigenvalue weighted by Gasteiger charge is -2.13. The average molecular weight is 536 g/mol. The number of carbonyl (C=O) groups excluding carboxylic acids is 2. The fourth-order valence-corrected chi connectivity index (χ4v) is 4.06. The first-order valence-electron chi connectivity index (χ1n) is 9.49. The van der Waals surface area contributed by atoms with Crippen molar-refractivity contribution in [2.75, 3.05) is 20.3 Å². The molecule has 1 N–H and O–H groups in total. The van der Waals surface area contributed by atoms with Crippen LogP contribution in [0.3, 0.4) is 0 Å². The molecular formula is C21H18BrN3O7S. The van der Waals surface area contributed by atoms with Crippen LogP contribution in [0, 0.1) is 10.1 Å². The van der Waals surface area contributed by atoms with Crippen molar-refractivity contribution in [1.82, 2.24) is 5.43 Å². The molecule has 0 radical (unpaired) electrons. The third-order valence-corrected chi connectivity index (χ3v) is 6.04. The van der Waals surface area contributed by atoms with E-state index in [1.165, 1.54) is 36.8 Å². The van der Waals surface area contributed by atoms with E-state index in [2.05, 4.69) is 31.2 Å². The summed E-state index contributed by atoms with van der Waals surface area (Å²) in [5.74, 6) is -0.245. The number of ether oxygens (including phenoxy) is 3. The third kappa shape index (κ3) is 6.05. The summed E-state index contributed by atoms with van der Waals surface area (Å²) in [6, 6.07) is 9.26. The zero-order chi connectivity index (χ0) is 24.0. The van der Waals surface area contributed by atoms with Crippen molar-refractivity contribution < 1.29 is 28.7 Å². The Bertz CT molecular complexity index is 1240. The quantitative estimate of drug-likeness (QED) is 0.187. The molecule has 1 heterocycles. The zero-order valence-corrected chi connectivity index (χ0v) is 19.9. The number of nitrogens with one attached hydrogen (secondary N) is 1. The van der Waals surface area contributed by atoms with Crippen LogP contribution in [0.1, 0.15) is 22.2 Å². The molecule has 0 atom stereocenters. The number of non-ortho nitro benzene ring substituents is 1. The van der Waals surface area contributed by atoms with Gasteiger partial charge in [-0.25, -0.2) is 10.2 Å². The molecule has 0 spiro atoms. The topological polar surface area (TPSA) is 129 Å². The summed E-state index contributed by atoms with van der Waals surface area (Å²) < 4.78 is 16.9. The number of nitro groups is 1. The van der Waals surface area contributed by atoms with E-state index in [1.54, 1.807) is 31.2 Å². The van der Waals surface area contributed by atoms with Gasteiger partial charge in [-0.05, 0) is 47.1 Å². The molecule has 2 aromatic carbocycles. The zero-order valence-electron chi connectivity index (χ0n) is 17.5. The van der Waals surface area contributed by atoms with Gasteiger partial charge in [-0.1, -0.05) is 0 Å². The highest BCUT2D eigenvalue weighted by Crippen LogP contribution is 2.33. The van der Waals surface area contributed by atoms with Gasteiger partial charge in [-0.2, -0.15) is 5.10 Å².